The molecule has 0 N–H and O–H groups in total. The molecule has 0 saturated heterocycles. The van der Waals surface area contributed by atoms with Gasteiger partial charge in [-0.2, -0.15) is 0 Å². The van der Waals surface area contributed by atoms with Crippen LogP contribution in [0.4, 0.5) is 10.1 Å². The fourth-order valence-electron chi connectivity index (χ4n) is 2.81. The van der Waals surface area contributed by atoms with Gasteiger partial charge in [-0.05, 0) is 37.6 Å². The molecule has 0 unspecified atom stereocenters. The third-order valence-corrected chi connectivity index (χ3v) is 3.89. The van der Waals surface area contributed by atoms with Crippen LogP contribution in [0.2, 0.25) is 0 Å². The molecule has 1 aromatic carbocycles. The van der Waals surface area contributed by atoms with Gasteiger partial charge in [0, 0.05) is 30.6 Å². The van der Waals surface area contributed by atoms with E-state index in [1.165, 1.54) is 11.0 Å². The van der Waals surface area contributed by atoms with E-state index in [2.05, 4.69) is 4.98 Å². The zero-order chi connectivity index (χ0) is 14.5. The lowest BCUT2D eigenvalue weighted by molar-refractivity contribution is -0.121. The van der Waals surface area contributed by atoms with E-state index in [4.69, 9.17) is 0 Å². The standard InChI is InChI=1S/C16H15FN2O/c1-16(2)14-12(17)7-11(10-5-4-6-18-9-10)8-13(14)19(3)15(16)20/h4-9H,1-3H3. The zero-order valence-corrected chi connectivity index (χ0v) is 11.6. The molecule has 0 atom stereocenters. The first-order chi connectivity index (χ1) is 9.43. The number of fused-ring (bicyclic) bond motifs is 1. The molecule has 0 spiro atoms. The number of rotatable bonds is 1. The van der Waals surface area contributed by atoms with Gasteiger partial charge >= 0.3 is 0 Å². The van der Waals surface area contributed by atoms with Crippen molar-refractivity contribution in [2.45, 2.75) is 19.3 Å². The summed E-state index contributed by atoms with van der Waals surface area (Å²) in [5.74, 6) is -0.432. The Morgan fingerprint density at radius 2 is 2.00 bits per heavy atom. The lowest BCUT2D eigenvalue weighted by atomic mass is 9.85. The van der Waals surface area contributed by atoms with Crippen LogP contribution in [-0.4, -0.2) is 17.9 Å². The summed E-state index contributed by atoms with van der Waals surface area (Å²) in [6.45, 7) is 3.51. The summed E-state index contributed by atoms with van der Waals surface area (Å²) in [5, 5.41) is 0. The topological polar surface area (TPSA) is 33.2 Å². The molecule has 2 heterocycles. The number of carbonyl (C=O) groups is 1. The van der Waals surface area contributed by atoms with Gasteiger partial charge in [0.2, 0.25) is 5.91 Å². The number of nitrogens with zero attached hydrogens (tertiary/aromatic N) is 2. The third kappa shape index (κ3) is 1.64. The van der Waals surface area contributed by atoms with Crippen LogP contribution in [0.3, 0.4) is 0 Å². The smallest absolute Gasteiger partial charge is 0.237 e. The summed E-state index contributed by atoms with van der Waals surface area (Å²) in [6, 6.07) is 7.00. The van der Waals surface area contributed by atoms with Gasteiger partial charge in [0.1, 0.15) is 5.82 Å². The average molecular weight is 270 g/mol. The average Bonchev–Trinajstić information content (AvgIpc) is 2.61. The molecule has 0 fully saturated rings. The van der Waals surface area contributed by atoms with Gasteiger partial charge in [-0.25, -0.2) is 4.39 Å². The van der Waals surface area contributed by atoms with Crippen molar-refractivity contribution in [1.82, 2.24) is 4.98 Å². The Bertz CT molecular complexity index is 695. The monoisotopic (exact) mass is 270 g/mol. The van der Waals surface area contributed by atoms with Crippen LogP contribution in [0.25, 0.3) is 11.1 Å². The number of hydrogen-bond donors (Lipinski definition) is 0. The minimum atomic E-state index is -0.818. The molecule has 1 aliphatic heterocycles. The van der Waals surface area contributed by atoms with Crippen molar-refractivity contribution >= 4 is 11.6 Å². The van der Waals surface area contributed by atoms with Gasteiger partial charge in [0.05, 0.1) is 11.1 Å². The summed E-state index contributed by atoms with van der Waals surface area (Å²) in [6.07, 6.45) is 3.36. The highest BCUT2D eigenvalue weighted by atomic mass is 19.1. The predicted molar refractivity (Wildman–Crippen MR) is 76.1 cm³/mol. The third-order valence-electron chi connectivity index (χ3n) is 3.89. The Labute approximate surface area is 117 Å². The van der Waals surface area contributed by atoms with Crippen molar-refractivity contribution < 1.29 is 9.18 Å². The number of carbonyl (C=O) groups excluding carboxylic acids is 1. The molecule has 102 valence electrons. The minimum absolute atomic E-state index is 0.0882. The second kappa shape index (κ2) is 4.13. The van der Waals surface area contributed by atoms with Crippen LogP contribution in [0.1, 0.15) is 19.4 Å². The number of halogens is 1. The quantitative estimate of drug-likeness (QED) is 0.797. The Kier molecular flexibility index (Phi) is 2.64. The van der Waals surface area contributed by atoms with Crippen LogP contribution in [-0.2, 0) is 10.2 Å². The molecule has 1 aliphatic rings. The van der Waals surface area contributed by atoms with E-state index in [0.29, 0.717) is 11.3 Å². The molecule has 3 nitrogen and oxygen atoms in total. The molecule has 20 heavy (non-hydrogen) atoms. The van der Waals surface area contributed by atoms with Gasteiger partial charge in [-0.3, -0.25) is 9.78 Å². The number of anilines is 1. The van der Waals surface area contributed by atoms with E-state index >= 15 is 0 Å². The SMILES string of the molecule is CN1C(=O)C(C)(C)c2c(F)cc(-c3cccnc3)cc21. The van der Waals surface area contributed by atoms with Crippen LogP contribution >= 0.6 is 0 Å². The van der Waals surface area contributed by atoms with Gasteiger partial charge < -0.3 is 4.90 Å². The van der Waals surface area contributed by atoms with Crippen molar-refractivity contribution in [3.05, 3.63) is 48.0 Å². The summed E-state index contributed by atoms with van der Waals surface area (Å²) in [5.41, 5.74) is 1.85. The fraction of sp³-hybridized carbons (Fsp3) is 0.250. The molecule has 1 aromatic heterocycles. The highest BCUT2D eigenvalue weighted by molar-refractivity contribution is 6.07. The predicted octanol–water partition coefficient (Wildman–Crippen LogP) is 3.14. The fourth-order valence-corrected chi connectivity index (χ4v) is 2.81. The zero-order valence-electron chi connectivity index (χ0n) is 11.6. The Morgan fingerprint density at radius 1 is 1.25 bits per heavy atom. The molecule has 0 bridgehead atoms. The normalized spacial score (nSPS) is 16.4. The van der Waals surface area contributed by atoms with Crippen molar-refractivity contribution in [3.63, 3.8) is 0 Å². The van der Waals surface area contributed by atoms with E-state index in [-0.39, 0.29) is 11.7 Å². The number of pyridine rings is 1. The molecule has 1 amide bonds. The van der Waals surface area contributed by atoms with E-state index in [9.17, 15) is 9.18 Å². The highest BCUT2D eigenvalue weighted by Crippen LogP contribution is 2.44. The van der Waals surface area contributed by atoms with Crippen molar-refractivity contribution in [2.24, 2.45) is 0 Å². The first-order valence-electron chi connectivity index (χ1n) is 6.45. The Balaban J connectivity index is 2.23. The van der Waals surface area contributed by atoms with Crippen LogP contribution < -0.4 is 4.90 Å². The van der Waals surface area contributed by atoms with Crippen molar-refractivity contribution in [1.29, 1.82) is 0 Å². The molecule has 0 saturated carbocycles. The molecule has 4 heteroatoms. The lowest BCUT2D eigenvalue weighted by Crippen LogP contribution is -2.33. The van der Waals surface area contributed by atoms with Gasteiger partial charge in [-0.15, -0.1) is 0 Å². The molecule has 2 aromatic rings. The summed E-state index contributed by atoms with van der Waals surface area (Å²) in [7, 11) is 1.68. The summed E-state index contributed by atoms with van der Waals surface area (Å²) < 4.78 is 14.5. The second-order valence-corrected chi connectivity index (χ2v) is 5.58. The number of likely N-dealkylation sites (N-methyl/N-ethyl adjacent to an activating group) is 1. The first-order valence-corrected chi connectivity index (χ1v) is 6.45. The van der Waals surface area contributed by atoms with Crippen LogP contribution in [0.5, 0.6) is 0 Å². The van der Waals surface area contributed by atoms with Gasteiger partial charge in [0.15, 0.2) is 0 Å². The summed E-state index contributed by atoms with van der Waals surface area (Å²) >= 11 is 0. The van der Waals surface area contributed by atoms with E-state index in [1.807, 2.05) is 12.1 Å². The van der Waals surface area contributed by atoms with E-state index in [1.54, 1.807) is 39.4 Å². The van der Waals surface area contributed by atoms with Crippen LogP contribution in [0, 0.1) is 5.82 Å². The number of benzene rings is 1. The highest BCUT2D eigenvalue weighted by Gasteiger charge is 2.44. The van der Waals surface area contributed by atoms with E-state index in [0.717, 1.165) is 11.1 Å². The molecule has 0 radical (unpaired) electrons. The Morgan fingerprint density at radius 3 is 2.65 bits per heavy atom. The largest absolute Gasteiger partial charge is 0.314 e. The number of hydrogen-bond acceptors (Lipinski definition) is 2. The van der Waals surface area contributed by atoms with E-state index < -0.39 is 5.41 Å². The minimum Gasteiger partial charge on any atom is -0.314 e. The number of aromatic nitrogens is 1. The van der Waals surface area contributed by atoms with Crippen molar-refractivity contribution in [3.8, 4) is 11.1 Å². The summed E-state index contributed by atoms with van der Waals surface area (Å²) in [4.78, 5) is 17.8. The molecule has 3 rings (SSSR count). The maximum absolute atomic E-state index is 14.5. The second-order valence-electron chi connectivity index (χ2n) is 5.58. The Hall–Kier alpha value is -2.23. The maximum Gasteiger partial charge on any atom is 0.237 e. The first kappa shape index (κ1) is 12.8. The molecule has 0 aliphatic carbocycles. The molecular weight excluding hydrogens is 255 g/mol. The maximum atomic E-state index is 14.5. The van der Waals surface area contributed by atoms with Crippen LogP contribution in [0.15, 0.2) is 36.7 Å². The lowest BCUT2D eigenvalue weighted by Gasteiger charge is -2.16. The van der Waals surface area contributed by atoms with Gasteiger partial charge in [0.25, 0.3) is 0 Å². The number of amides is 1. The van der Waals surface area contributed by atoms with Crippen molar-refractivity contribution in [2.75, 3.05) is 11.9 Å². The molecular formula is C16H15FN2O. The van der Waals surface area contributed by atoms with Gasteiger partial charge in [-0.1, -0.05) is 6.07 Å².